The fourth-order valence-electron chi connectivity index (χ4n) is 3.25. The first-order valence-electron chi connectivity index (χ1n) is 10.2. The lowest BCUT2D eigenvalue weighted by molar-refractivity contribution is -0.137. The first kappa shape index (κ1) is 22.4. The van der Waals surface area contributed by atoms with Gasteiger partial charge in [-0.15, -0.1) is 0 Å². The number of carbonyl (C=O) groups excluding carboxylic acids is 1. The minimum atomic E-state index is -4.46. The Kier molecular flexibility index (Phi) is 6.38. The monoisotopic (exact) mass is 462 g/mol. The topological polar surface area (TPSA) is 78.7 Å². The molecule has 8 nitrogen and oxygen atoms in total. The van der Waals surface area contributed by atoms with Crippen molar-refractivity contribution in [3.05, 3.63) is 66.4 Å². The number of nitrogens with zero attached hydrogens (tertiary/aromatic N) is 4. The number of hydrogen-bond donors (Lipinski definition) is 0. The van der Waals surface area contributed by atoms with Gasteiger partial charge in [0.25, 0.3) is 0 Å². The van der Waals surface area contributed by atoms with Crippen LogP contribution in [0.15, 0.2) is 55.0 Å². The predicted octanol–water partition coefficient (Wildman–Crippen LogP) is 4.49. The number of imidazole rings is 1. The van der Waals surface area contributed by atoms with Crippen LogP contribution in [0.4, 0.5) is 18.0 Å². The van der Waals surface area contributed by atoms with Gasteiger partial charge in [-0.3, -0.25) is 0 Å². The van der Waals surface area contributed by atoms with Crippen LogP contribution in [0.1, 0.15) is 24.2 Å². The number of hydrogen-bond acceptors (Lipinski definition) is 6. The number of carbonyl (C=O) groups is 1. The molecule has 33 heavy (non-hydrogen) atoms. The summed E-state index contributed by atoms with van der Waals surface area (Å²) < 4.78 is 50.3. The molecule has 0 spiro atoms. The summed E-state index contributed by atoms with van der Waals surface area (Å²) in [7, 11) is 0. The van der Waals surface area contributed by atoms with Gasteiger partial charge in [0, 0.05) is 44.4 Å². The number of halogens is 3. The van der Waals surface area contributed by atoms with Crippen molar-refractivity contribution in [3.63, 3.8) is 0 Å². The number of likely N-dealkylation sites (tertiary alicyclic amines) is 1. The summed E-state index contributed by atoms with van der Waals surface area (Å²) in [6.45, 7) is 2.85. The van der Waals surface area contributed by atoms with Gasteiger partial charge in [-0.25, -0.2) is 14.8 Å². The van der Waals surface area contributed by atoms with Crippen molar-refractivity contribution in [2.75, 3.05) is 13.1 Å². The van der Waals surface area contributed by atoms with Crippen molar-refractivity contribution in [2.45, 2.75) is 32.0 Å². The van der Waals surface area contributed by atoms with E-state index in [1.807, 2.05) is 6.92 Å². The average Bonchev–Trinajstić information content (AvgIpc) is 3.19. The molecule has 1 aliphatic rings. The van der Waals surface area contributed by atoms with E-state index in [9.17, 15) is 18.0 Å². The van der Waals surface area contributed by atoms with Gasteiger partial charge in [0.15, 0.2) is 0 Å². The van der Waals surface area contributed by atoms with Crippen molar-refractivity contribution in [1.82, 2.24) is 19.6 Å². The van der Waals surface area contributed by atoms with E-state index < -0.39 is 17.8 Å². The minimum absolute atomic E-state index is 0.0165. The maximum atomic E-state index is 12.6. The number of aromatic nitrogens is 3. The molecule has 1 amide bonds. The van der Waals surface area contributed by atoms with E-state index in [2.05, 4.69) is 9.97 Å². The average molecular weight is 462 g/mol. The molecule has 0 N–H and O–H groups in total. The normalized spacial score (nSPS) is 14.7. The van der Waals surface area contributed by atoms with Crippen LogP contribution in [-0.2, 0) is 6.18 Å². The second kappa shape index (κ2) is 9.39. The number of pyridine rings is 1. The van der Waals surface area contributed by atoms with Gasteiger partial charge in [-0.1, -0.05) is 0 Å². The van der Waals surface area contributed by atoms with Crippen molar-refractivity contribution < 1.29 is 32.3 Å². The lowest BCUT2D eigenvalue weighted by Crippen LogP contribution is -2.44. The van der Waals surface area contributed by atoms with Crippen LogP contribution in [0.2, 0.25) is 0 Å². The summed E-state index contributed by atoms with van der Waals surface area (Å²) >= 11 is 0. The lowest BCUT2D eigenvalue weighted by Gasteiger charge is -2.31. The van der Waals surface area contributed by atoms with Crippen LogP contribution < -0.4 is 14.3 Å². The molecule has 2 aromatic heterocycles. The molecule has 0 atom stereocenters. The number of alkyl halides is 3. The third kappa shape index (κ3) is 5.73. The SMILES string of the molecule is Cc1nccn1OC1CCN(C(=O)Oc2ccc(Oc3ccc(C(F)(F)F)cn3)cc2)CC1. The molecule has 0 radical (unpaired) electrons. The van der Waals surface area contributed by atoms with Crippen LogP contribution >= 0.6 is 0 Å². The molecule has 1 aromatic carbocycles. The first-order chi connectivity index (χ1) is 15.8. The first-order valence-corrected chi connectivity index (χ1v) is 10.2. The van der Waals surface area contributed by atoms with Crippen molar-refractivity contribution in [3.8, 4) is 17.4 Å². The second-order valence-electron chi connectivity index (χ2n) is 7.42. The maximum absolute atomic E-state index is 12.6. The molecule has 174 valence electrons. The number of piperidine rings is 1. The standard InChI is InChI=1S/C22H21F3N4O4/c1-15-26-10-13-29(15)33-19-8-11-28(12-9-19)21(30)32-18-5-3-17(4-6-18)31-20-7-2-16(14-27-20)22(23,24)25/h2-7,10,13-14,19H,8-9,11-12H2,1H3. The predicted molar refractivity (Wildman–Crippen MR) is 110 cm³/mol. The van der Waals surface area contributed by atoms with E-state index in [1.165, 1.54) is 24.3 Å². The number of ether oxygens (including phenoxy) is 2. The highest BCUT2D eigenvalue weighted by atomic mass is 19.4. The molecular formula is C22H21F3N4O4. The summed E-state index contributed by atoms with van der Waals surface area (Å²) in [4.78, 5) is 27.7. The van der Waals surface area contributed by atoms with E-state index in [0.717, 1.165) is 18.0 Å². The molecule has 0 unspecified atom stereocenters. The fraction of sp³-hybridized carbons (Fsp3) is 0.318. The van der Waals surface area contributed by atoms with Crippen molar-refractivity contribution >= 4 is 6.09 Å². The molecule has 0 aliphatic carbocycles. The zero-order valence-corrected chi connectivity index (χ0v) is 17.7. The Morgan fingerprint density at radius 1 is 1.03 bits per heavy atom. The summed E-state index contributed by atoms with van der Waals surface area (Å²) in [5.74, 6) is 1.44. The van der Waals surface area contributed by atoms with Crippen LogP contribution in [0.25, 0.3) is 0 Å². The molecule has 3 aromatic rings. The summed E-state index contributed by atoms with van der Waals surface area (Å²) in [5.41, 5.74) is -0.857. The highest BCUT2D eigenvalue weighted by Gasteiger charge is 2.30. The van der Waals surface area contributed by atoms with E-state index in [1.54, 1.807) is 22.0 Å². The van der Waals surface area contributed by atoms with Crippen molar-refractivity contribution in [2.24, 2.45) is 0 Å². The third-order valence-electron chi connectivity index (χ3n) is 5.06. The molecular weight excluding hydrogens is 441 g/mol. The fourth-order valence-corrected chi connectivity index (χ4v) is 3.25. The van der Waals surface area contributed by atoms with Crippen LogP contribution in [0, 0.1) is 6.92 Å². The molecule has 11 heteroatoms. The molecule has 0 bridgehead atoms. The summed E-state index contributed by atoms with van der Waals surface area (Å²) in [6.07, 6.45) is 0.505. The Hall–Kier alpha value is -3.76. The highest BCUT2D eigenvalue weighted by molar-refractivity contribution is 5.70. The second-order valence-corrected chi connectivity index (χ2v) is 7.42. The summed E-state index contributed by atoms with van der Waals surface area (Å²) in [6, 6.07) is 8.18. The molecule has 0 saturated carbocycles. The molecule has 3 heterocycles. The lowest BCUT2D eigenvalue weighted by atomic mass is 10.1. The smallest absolute Gasteiger partial charge is 0.417 e. The number of benzene rings is 1. The minimum Gasteiger partial charge on any atom is -0.439 e. The highest BCUT2D eigenvalue weighted by Crippen LogP contribution is 2.30. The third-order valence-corrected chi connectivity index (χ3v) is 5.06. The largest absolute Gasteiger partial charge is 0.439 e. The van der Waals surface area contributed by atoms with Crippen LogP contribution in [0.3, 0.4) is 0 Å². The van der Waals surface area contributed by atoms with Gasteiger partial charge >= 0.3 is 12.3 Å². The van der Waals surface area contributed by atoms with Gasteiger partial charge < -0.3 is 19.2 Å². The van der Waals surface area contributed by atoms with Crippen LogP contribution in [-0.4, -0.2) is 44.9 Å². The number of aryl methyl sites for hydroxylation is 1. The quantitative estimate of drug-likeness (QED) is 0.556. The van der Waals surface area contributed by atoms with E-state index in [-0.39, 0.29) is 12.0 Å². The van der Waals surface area contributed by atoms with Gasteiger partial charge in [-0.05, 0) is 37.3 Å². The number of rotatable bonds is 5. The molecule has 1 aliphatic heterocycles. The Balaban J connectivity index is 1.26. The van der Waals surface area contributed by atoms with E-state index in [0.29, 0.717) is 43.6 Å². The van der Waals surface area contributed by atoms with E-state index in [4.69, 9.17) is 14.3 Å². The maximum Gasteiger partial charge on any atom is 0.417 e. The Bertz CT molecular complexity index is 1080. The van der Waals surface area contributed by atoms with E-state index >= 15 is 0 Å². The molecule has 1 saturated heterocycles. The van der Waals surface area contributed by atoms with Gasteiger partial charge in [-0.2, -0.15) is 17.9 Å². The Morgan fingerprint density at radius 3 is 2.30 bits per heavy atom. The molecule has 1 fully saturated rings. The Morgan fingerprint density at radius 2 is 1.73 bits per heavy atom. The van der Waals surface area contributed by atoms with Gasteiger partial charge in [0.2, 0.25) is 5.88 Å². The van der Waals surface area contributed by atoms with Crippen molar-refractivity contribution in [1.29, 1.82) is 0 Å². The summed E-state index contributed by atoms with van der Waals surface area (Å²) in [5, 5.41) is 0. The van der Waals surface area contributed by atoms with Gasteiger partial charge in [0.1, 0.15) is 23.4 Å². The van der Waals surface area contributed by atoms with Gasteiger partial charge in [0.05, 0.1) is 11.8 Å². The van der Waals surface area contributed by atoms with Crippen LogP contribution in [0.5, 0.6) is 17.4 Å². The zero-order chi connectivity index (χ0) is 23.4. The number of amides is 1. The Labute approximate surface area is 187 Å². The molecule has 4 rings (SSSR count). The zero-order valence-electron chi connectivity index (χ0n) is 17.7.